The van der Waals surface area contributed by atoms with Crippen molar-refractivity contribution >= 4 is 38.6 Å². The van der Waals surface area contributed by atoms with Crippen LogP contribution in [0.2, 0.25) is 0 Å². The van der Waals surface area contributed by atoms with Crippen LogP contribution in [0.25, 0.3) is 0 Å². The first kappa shape index (κ1) is 17.8. The Bertz CT molecular complexity index is 848. The third-order valence-corrected chi connectivity index (χ3v) is 6.80. The van der Waals surface area contributed by atoms with Gasteiger partial charge in [0.2, 0.25) is 15.9 Å². The van der Waals surface area contributed by atoms with E-state index in [-0.39, 0.29) is 11.7 Å². The molecule has 0 atom stereocenters. The van der Waals surface area contributed by atoms with Gasteiger partial charge in [0.05, 0.1) is 18.6 Å². The number of hydrogen-bond acceptors (Lipinski definition) is 5. The zero-order valence-electron chi connectivity index (χ0n) is 13.9. The number of carbonyl (C=O) groups excluding carboxylic acids is 1. The van der Waals surface area contributed by atoms with E-state index in [1.165, 1.54) is 11.4 Å². The molecule has 1 amide bonds. The number of amides is 1. The maximum atomic E-state index is 12.2. The molecule has 0 unspecified atom stereocenters. The van der Waals surface area contributed by atoms with Gasteiger partial charge < -0.3 is 10.1 Å². The zero-order valence-corrected chi connectivity index (χ0v) is 15.5. The lowest BCUT2D eigenvalue weighted by molar-refractivity contribution is -0.116. The van der Waals surface area contributed by atoms with Crippen LogP contribution < -0.4 is 14.4 Å². The molecule has 1 aromatic heterocycles. The first-order valence-electron chi connectivity index (χ1n) is 8.00. The van der Waals surface area contributed by atoms with E-state index < -0.39 is 10.0 Å². The summed E-state index contributed by atoms with van der Waals surface area (Å²) < 4.78 is 31.0. The smallest absolute Gasteiger partial charge is 0.235 e. The molecule has 0 saturated carbocycles. The van der Waals surface area contributed by atoms with Gasteiger partial charge in [-0.25, -0.2) is 8.42 Å². The zero-order chi connectivity index (χ0) is 17.9. The third-order valence-electron chi connectivity index (χ3n) is 4.01. The van der Waals surface area contributed by atoms with Gasteiger partial charge in [0, 0.05) is 23.5 Å². The van der Waals surface area contributed by atoms with E-state index in [4.69, 9.17) is 4.74 Å². The Balaban J connectivity index is 1.74. The van der Waals surface area contributed by atoms with Gasteiger partial charge in [-0.05, 0) is 42.5 Å². The normalized spacial score (nSPS) is 16.0. The van der Waals surface area contributed by atoms with Crippen molar-refractivity contribution in [1.82, 2.24) is 0 Å². The quantitative estimate of drug-likeness (QED) is 0.836. The Labute approximate surface area is 151 Å². The molecule has 25 heavy (non-hydrogen) atoms. The summed E-state index contributed by atoms with van der Waals surface area (Å²) in [5, 5.41) is 4.82. The molecular formula is C17H20N2O4S2. The van der Waals surface area contributed by atoms with Crippen molar-refractivity contribution in [2.24, 2.45) is 0 Å². The number of sulfonamides is 1. The molecule has 1 fully saturated rings. The monoisotopic (exact) mass is 380 g/mol. The minimum absolute atomic E-state index is 0.103. The summed E-state index contributed by atoms with van der Waals surface area (Å²) in [6, 6.07) is 9.02. The average molecular weight is 380 g/mol. The van der Waals surface area contributed by atoms with E-state index >= 15 is 0 Å². The molecule has 1 aliphatic rings. The maximum absolute atomic E-state index is 12.2. The fourth-order valence-electron chi connectivity index (χ4n) is 2.79. The lowest BCUT2D eigenvalue weighted by atomic mass is 10.2. The van der Waals surface area contributed by atoms with Crippen LogP contribution in [0, 0.1) is 0 Å². The van der Waals surface area contributed by atoms with Gasteiger partial charge in [-0.2, -0.15) is 0 Å². The maximum Gasteiger partial charge on any atom is 0.235 e. The van der Waals surface area contributed by atoms with Crippen molar-refractivity contribution in [2.45, 2.75) is 19.3 Å². The Hall–Kier alpha value is -2.06. The van der Waals surface area contributed by atoms with E-state index in [2.05, 4.69) is 5.32 Å². The molecule has 1 N–H and O–H groups in total. The molecule has 6 nitrogen and oxygen atoms in total. The molecule has 2 aromatic rings. The van der Waals surface area contributed by atoms with Crippen molar-refractivity contribution in [3.05, 3.63) is 40.6 Å². The Kier molecular flexibility index (Phi) is 5.29. The van der Waals surface area contributed by atoms with Gasteiger partial charge in [0.15, 0.2) is 0 Å². The number of carbonyl (C=O) groups is 1. The second-order valence-corrected chi connectivity index (χ2v) is 8.80. The predicted molar refractivity (Wildman–Crippen MR) is 100 cm³/mol. The lowest BCUT2D eigenvalue weighted by Crippen LogP contribution is -2.25. The highest BCUT2D eigenvalue weighted by Crippen LogP contribution is 2.35. The number of methoxy groups -OCH3 is 1. The molecule has 0 radical (unpaired) electrons. The molecule has 3 rings (SSSR count). The van der Waals surface area contributed by atoms with Gasteiger partial charge in [-0.3, -0.25) is 9.10 Å². The Morgan fingerprint density at radius 3 is 2.84 bits per heavy atom. The van der Waals surface area contributed by atoms with Gasteiger partial charge in [0.25, 0.3) is 0 Å². The topological polar surface area (TPSA) is 75.7 Å². The minimum Gasteiger partial charge on any atom is -0.495 e. The van der Waals surface area contributed by atoms with Crippen LogP contribution in [-0.4, -0.2) is 33.7 Å². The SMILES string of the molecule is COc1ccc(NC(=O)CCc2cccs2)cc1N1CCCS1(=O)=O. The minimum atomic E-state index is -3.32. The van der Waals surface area contributed by atoms with Gasteiger partial charge >= 0.3 is 0 Å². The number of benzene rings is 1. The summed E-state index contributed by atoms with van der Waals surface area (Å²) in [5.41, 5.74) is 1.03. The number of ether oxygens (including phenoxy) is 1. The largest absolute Gasteiger partial charge is 0.495 e. The van der Waals surface area contributed by atoms with E-state index in [1.54, 1.807) is 29.5 Å². The number of anilines is 2. The van der Waals surface area contributed by atoms with Gasteiger partial charge in [-0.15, -0.1) is 11.3 Å². The first-order chi connectivity index (χ1) is 12.0. The standard InChI is InChI=1S/C17H20N2O4S2/c1-23-16-7-5-13(12-15(16)19-9-3-11-25(19,21)22)18-17(20)8-6-14-4-2-10-24-14/h2,4-5,7,10,12H,3,6,8-9,11H2,1H3,(H,18,20). The van der Waals surface area contributed by atoms with Crippen molar-refractivity contribution in [1.29, 1.82) is 0 Å². The molecule has 0 bridgehead atoms. The fourth-order valence-corrected chi connectivity index (χ4v) is 5.06. The van der Waals surface area contributed by atoms with Crippen molar-refractivity contribution in [3.8, 4) is 5.75 Å². The molecular weight excluding hydrogens is 360 g/mol. The summed E-state index contributed by atoms with van der Waals surface area (Å²) >= 11 is 1.63. The number of nitrogens with one attached hydrogen (secondary N) is 1. The van der Waals surface area contributed by atoms with E-state index in [1.807, 2.05) is 17.5 Å². The van der Waals surface area contributed by atoms with Crippen LogP contribution >= 0.6 is 11.3 Å². The van der Waals surface area contributed by atoms with Crippen LogP contribution in [0.5, 0.6) is 5.75 Å². The summed E-state index contributed by atoms with van der Waals surface area (Å²) in [6.45, 7) is 0.425. The number of nitrogens with zero attached hydrogens (tertiary/aromatic N) is 1. The molecule has 8 heteroatoms. The summed E-state index contributed by atoms with van der Waals surface area (Å²) in [7, 11) is -1.81. The highest BCUT2D eigenvalue weighted by molar-refractivity contribution is 7.93. The second kappa shape index (κ2) is 7.45. The van der Waals surface area contributed by atoms with E-state index in [9.17, 15) is 13.2 Å². The van der Waals surface area contributed by atoms with Gasteiger partial charge in [-0.1, -0.05) is 6.07 Å². The van der Waals surface area contributed by atoms with Crippen LogP contribution in [-0.2, 0) is 21.2 Å². The second-order valence-electron chi connectivity index (χ2n) is 5.76. The van der Waals surface area contributed by atoms with E-state index in [0.717, 1.165) is 4.88 Å². The van der Waals surface area contributed by atoms with Gasteiger partial charge in [0.1, 0.15) is 5.75 Å². The van der Waals surface area contributed by atoms with E-state index in [0.29, 0.717) is 42.9 Å². The molecule has 134 valence electrons. The average Bonchev–Trinajstić information content (AvgIpc) is 3.22. The highest BCUT2D eigenvalue weighted by atomic mass is 32.2. The summed E-state index contributed by atoms with van der Waals surface area (Å²) in [6.07, 6.45) is 1.65. The molecule has 0 aliphatic carbocycles. The highest BCUT2D eigenvalue weighted by Gasteiger charge is 2.30. The van der Waals surface area contributed by atoms with Crippen LogP contribution in [0.1, 0.15) is 17.7 Å². The number of rotatable bonds is 6. The summed E-state index contributed by atoms with van der Waals surface area (Å²) in [5.74, 6) is 0.504. The summed E-state index contributed by atoms with van der Waals surface area (Å²) in [4.78, 5) is 13.3. The number of thiophene rings is 1. The van der Waals surface area contributed by atoms with Crippen LogP contribution in [0.3, 0.4) is 0 Å². The predicted octanol–water partition coefficient (Wildman–Crippen LogP) is 2.87. The Morgan fingerprint density at radius 2 is 2.20 bits per heavy atom. The molecule has 0 spiro atoms. The lowest BCUT2D eigenvalue weighted by Gasteiger charge is -2.20. The third kappa shape index (κ3) is 4.13. The van der Waals surface area contributed by atoms with Crippen molar-refractivity contribution < 1.29 is 17.9 Å². The van der Waals surface area contributed by atoms with Crippen LogP contribution in [0.4, 0.5) is 11.4 Å². The molecule has 1 aliphatic heterocycles. The molecule has 1 saturated heterocycles. The molecule has 1 aromatic carbocycles. The Morgan fingerprint density at radius 1 is 1.36 bits per heavy atom. The van der Waals surface area contributed by atoms with Crippen LogP contribution in [0.15, 0.2) is 35.7 Å². The molecule has 2 heterocycles. The van der Waals surface area contributed by atoms with Crippen molar-refractivity contribution in [2.75, 3.05) is 29.0 Å². The number of hydrogen-bond donors (Lipinski definition) is 1. The van der Waals surface area contributed by atoms with Crippen molar-refractivity contribution in [3.63, 3.8) is 0 Å². The number of aryl methyl sites for hydroxylation is 1. The fraction of sp³-hybridized carbons (Fsp3) is 0.353. The first-order valence-corrected chi connectivity index (χ1v) is 10.5.